The molecule has 4 nitrogen and oxygen atoms in total. The van der Waals surface area contributed by atoms with Crippen LogP contribution < -0.4 is 5.32 Å². The Bertz CT molecular complexity index is 508. The van der Waals surface area contributed by atoms with Gasteiger partial charge in [-0.25, -0.2) is 8.42 Å². The van der Waals surface area contributed by atoms with Crippen LogP contribution in [0, 0.1) is 0 Å². The quantitative estimate of drug-likeness (QED) is 0.761. The standard InChI is InChI=1S/C16H28N2O2S/c1-5-12-21(19,20)16-10-8-15(9-11-16)17-14(4)13-18(6-2)7-3/h8-11,14,17H,5-7,12-13H2,1-4H3. The van der Waals surface area contributed by atoms with Crippen molar-refractivity contribution in [1.82, 2.24) is 4.90 Å². The highest BCUT2D eigenvalue weighted by molar-refractivity contribution is 7.91. The molecule has 1 N–H and O–H groups in total. The Morgan fingerprint density at radius 1 is 1.10 bits per heavy atom. The van der Waals surface area contributed by atoms with Crippen LogP contribution in [0.25, 0.3) is 0 Å². The molecule has 0 aliphatic heterocycles. The molecule has 5 heteroatoms. The van der Waals surface area contributed by atoms with Crippen LogP contribution in [0.3, 0.4) is 0 Å². The average molecular weight is 312 g/mol. The van der Waals surface area contributed by atoms with Gasteiger partial charge in [0.05, 0.1) is 10.6 Å². The van der Waals surface area contributed by atoms with E-state index in [2.05, 4.69) is 31.0 Å². The maximum absolute atomic E-state index is 12.0. The van der Waals surface area contributed by atoms with Gasteiger partial charge in [0.25, 0.3) is 0 Å². The van der Waals surface area contributed by atoms with E-state index in [1.165, 1.54) is 0 Å². The molecule has 120 valence electrons. The Morgan fingerprint density at radius 3 is 2.14 bits per heavy atom. The van der Waals surface area contributed by atoms with E-state index in [0.29, 0.717) is 17.4 Å². The number of hydrogen-bond acceptors (Lipinski definition) is 4. The number of benzene rings is 1. The molecule has 0 amide bonds. The van der Waals surface area contributed by atoms with Gasteiger partial charge < -0.3 is 10.2 Å². The molecule has 0 bridgehead atoms. The van der Waals surface area contributed by atoms with Gasteiger partial charge in [0.1, 0.15) is 0 Å². The lowest BCUT2D eigenvalue weighted by Crippen LogP contribution is -2.34. The lowest BCUT2D eigenvalue weighted by Gasteiger charge is -2.24. The molecule has 21 heavy (non-hydrogen) atoms. The van der Waals surface area contributed by atoms with Crippen LogP contribution in [0.15, 0.2) is 29.2 Å². The van der Waals surface area contributed by atoms with Crippen molar-refractivity contribution in [2.45, 2.75) is 45.1 Å². The lowest BCUT2D eigenvalue weighted by molar-refractivity contribution is 0.295. The predicted molar refractivity (Wildman–Crippen MR) is 89.7 cm³/mol. The molecule has 0 fully saturated rings. The molecule has 1 atom stereocenters. The largest absolute Gasteiger partial charge is 0.381 e. The van der Waals surface area contributed by atoms with Crippen molar-refractivity contribution in [2.75, 3.05) is 30.7 Å². The van der Waals surface area contributed by atoms with Crippen molar-refractivity contribution in [3.63, 3.8) is 0 Å². The fourth-order valence-corrected chi connectivity index (χ4v) is 3.67. The molecule has 0 heterocycles. The summed E-state index contributed by atoms with van der Waals surface area (Å²) in [5.41, 5.74) is 0.963. The normalized spacial score (nSPS) is 13.4. The third-order valence-corrected chi connectivity index (χ3v) is 5.46. The summed E-state index contributed by atoms with van der Waals surface area (Å²) in [7, 11) is -3.12. The maximum atomic E-state index is 12.0. The summed E-state index contributed by atoms with van der Waals surface area (Å²) in [4.78, 5) is 2.77. The molecule has 1 aromatic rings. The zero-order valence-electron chi connectivity index (χ0n) is 13.6. The molecule has 0 radical (unpaired) electrons. The number of likely N-dealkylation sites (N-methyl/N-ethyl adjacent to an activating group) is 1. The first-order chi connectivity index (χ1) is 9.92. The van der Waals surface area contributed by atoms with E-state index in [4.69, 9.17) is 0 Å². The van der Waals surface area contributed by atoms with E-state index >= 15 is 0 Å². The molecule has 0 aliphatic carbocycles. The Morgan fingerprint density at radius 2 is 1.67 bits per heavy atom. The summed E-state index contributed by atoms with van der Waals surface area (Å²) in [6, 6.07) is 7.40. The monoisotopic (exact) mass is 312 g/mol. The summed E-state index contributed by atoms with van der Waals surface area (Å²) in [5.74, 6) is 0.206. The topological polar surface area (TPSA) is 49.4 Å². The number of nitrogens with zero attached hydrogens (tertiary/aromatic N) is 1. The third-order valence-electron chi connectivity index (χ3n) is 3.53. The lowest BCUT2D eigenvalue weighted by atomic mass is 10.2. The average Bonchev–Trinajstić information content (AvgIpc) is 2.45. The number of anilines is 1. The molecule has 0 saturated carbocycles. The fraction of sp³-hybridized carbons (Fsp3) is 0.625. The number of rotatable bonds is 9. The van der Waals surface area contributed by atoms with Gasteiger partial charge in [-0.15, -0.1) is 0 Å². The smallest absolute Gasteiger partial charge is 0.178 e. The molecule has 0 aliphatic rings. The molecule has 1 unspecified atom stereocenters. The predicted octanol–water partition coefficient (Wildman–Crippen LogP) is 3.01. The number of sulfone groups is 1. The fourth-order valence-electron chi connectivity index (χ4n) is 2.34. The Labute approximate surface area is 129 Å². The molecular formula is C16H28N2O2S. The Hall–Kier alpha value is -1.07. The van der Waals surface area contributed by atoms with Crippen LogP contribution in [0.5, 0.6) is 0 Å². The summed E-state index contributed by atoms with van der Waals surface area (Å²) in [5, 5.41) is 3.42. The van der Waals surface area contributed by atoms with E-state index in [9.17, 15) is 8.42 Å². The first kappa shape index (κ1) is 18.0. The van der Waals surface area contributed by atoms with Gasteiger partial charge in [-0.05, 0) is 50.7 Å². The molecule has 1 rings (SSSR count). The summed E-state index contributed by atoms with van der Waals surface area (Å²) >= 11 is 0. The third kappa shape index (κ3) is 5.67. The van der Waals surface area contributed by atoms with Crippen molar-refractivity contribution >= 4 is 15.5 Å². The highest BCUT2D eigenvalue weighted by Gasteiger charge is 2.13. The Kier molecular flexibility index (Phi) is 7.18. The molecule has 0 spiro atoms. The highest BCUT2D eigenvalue weighted by Crippen LogP contribution is 2.16. The zero-order chi connectivity index (χ0) is 15.9. The van der Waals surface area contributed by atoms with Gasteiger partial charge in [0, 0.05) is 18.3 Å². The van der Waals surface area contributed by atoms with Crippen molar-refractivity contribution in [3.05, 3.63) is 24.3 Å². The van der Waals surface area contributed by atoms with Crippen molar-refractivity contribution in [1.29, 1.82) is 0 Å². The minimum absolute atomic E-state index is 0.206. The van der Waals surface area contributed by atoms with Crippen molar-refractivity contribution in [3.8, 4) is 0 Å². The minimum Gasteiger partial charge on any atom is -0.381 e. The van der Waals surface area contributed by atoms with E-state index in [0.717, 1.165) is 25.3 Å². The molecule has 0 aromatic heterocycles. The van der Waals surface area contributed by atoms with Gasteiger partial charge in [-0.3, -0.25) is 0 Å². The summed E-state index contributed by atoms with van der Waals surface area (Å²) in [6.45, 7) is 11.4. The van der Waals surface area contributed by atoms with Crippen LogP contribution in [0.4, 0.5) is 5.69 Å². The first-order valence-corrected chi connectivity index (χ1v) is 9.39. The SMILES string of the molecule is CCCS(=O)(=O)c1ccc(NC(C)CN(CC)CC)cc1. The second kappa shape index (κ2) is 8.39. The zero-order valence-corrected chi connectivity index (χ0v) is 14.4. The molecule has 1 aromatic carbocycles. The van der Waals surface area contributed by atoms with E-state index in [-0.39, 0.29) is 5.75 Å². The first-order valence-electron chi connectivity index (χ1n) is 7.74. The molecular weight excluding hydrogens is 284 g/mol. The van der Waals surface area contributed by atoms with Gasteiger partial charge in [0.15, 0.2) is 9.84 Å². The van der Waals surface area contributed by atoms with Crippen LogP contribution in [0.2, 0.25) is 0 Å². The van der Waals surface area contributed by atoms with E-state index in [1.54, 1.807) is 12.1 Å². The summed E-state index contributed by atoms with van der Waals surface area (Å²) in [6.07, 6.45) is 0.642. The van der Waals surface area contributed by atoms with Crippen LogP contribution >= 0.6 is 0 Å². The van der Waals surface area contributed by atoms with Crippen molar-refractivity contribution < 1.29 is 8.42 Å². The number of hydrogen-bond donors (Lipinski definition) is 1. The number of nitrogens with one attached hydrogen (secondary N) is 1. The second-order valence-corrected chi connectivity index (χ2v) is 7.48. The van der Waals surface area contributed by atoms with Gasteiger partial charge in [-0.2, -0.15) is 0 Å². The summed E-state index contributed by atoms with van der Waals surface area (Å²) < 4.78 is 23.9. The van der Waals surface area contributed by atoms with Crippen LogP contribution in [-0.2, 0) is 9.84 Å². The Balaban J connectivity index is 2.66. The van der Waals surface area contributed by atoms with Gasteiger partial charge in [-0.1, -0.05) is 20.8 Å². The maximum Gasteiger partial charge on any atom is 0.178 e. The van der Waals surface area contributed by atoms with Crippen LogP contribution in [0.1, 0.15) is 34.1 Å². The minimum atomic E-state index is -3.12. The van der Waals surface area contributed by atoms with E-state index < -0.39 is 9.84 Å². The van der Waals surface area contributed by atoms with Gasteiger partial charge in [0.2, 0.25) is 0 Å². The van der Waals surface area contributed by atoms with Crippen molar-refractivity contribution in [2.24, 2.45) is 0 Å². The second-order valence-electron chi connectivity index (χ2n) is 5.37. The van der Waals surface area contributed by atoms with Crippen LogP contribution in [-0.4, -0.2) is 44.7 Å². The van der Waals surface area contributed by atoms with Gasteiger partial charge >= 0.3 is 0 Å². The highest BCUT2D eigenvalue weighted by atomic mass is 32.2. The van der Waals surface area contributed by atoms with E-state index in [1.807, 2.05) is 19.1 Å². The molecule has 0 saturated heterocycles.